The standard InChI is InChI=1S/C16H16F3NO2S/c1-22-14-6-5-11(8-15(14)23-16(17,18)19)9-20-13-4-2-3-12(7-13)10-21/h2-8,20-21H,9-10H2,1H3. The molecule has 124 valence electrons. The molecule has 0 bridgehead atoms. The van der Waals surface area contributed by atoms with Crippen molar-refractivity contribution in [2.75, 3.05) is 12.4 Å². The highest BCUT2D eigenvalue weighted by atomic mass is 32.2. The van der Waals surface area contributed by atoms with Crippen molar-refractivity contribution < 1.29 is 23.0 Å². The topological polar surface area (TPSA) is 41.5 Å². The first-order valence-corrected chi connectivity index (χ1v) is 7.59. The van der Waals surface area contributed by atoms with Gasteiger partial charge >= 0.3 is 5.51 Å². The molecule has 0 amide bonds. The molecule has 2 aromatic carbocycles. The second kappa shape index (κ2) is 7.61. The van der Waals surface area contributed by atoms with Gasteiger partial charge in [-0.1, -0.05) is 18.2 Å². The van der Waals surface area contributed by atoms with Crippen molar-refractivity contribution in [1.29, 1.82) is 0 Å². The summed E-state index contributed by atoms with van der Waals surface area (Å²) >= 11 is -0.192. The minimum Gasteiger partial charge on any atom is -0.496 e. The number of rotatable bonds is 6. The van der Waals surface area contributed by atoms with Crippen LogP contribution in [0.3, 0.4) is 0 Å². The molecule has 0 aliphatic heterocycles. The van der Waals surface area contributed by atoms with E-state index in [0.29, 0.717) is 12.1 Å². The van der Waals surface area contributed by atoms with Crippen LogP contribution in [-0.4, -0.2) is 17.7 Å². The molecule has 0 saturated carbocycles. The largest absolute Gasteiger partial charge is 0.496 e. The van der Waals surface area contributed by atoms with Gasteiger partial charge in [0, 0.05) is 12.2 Å². The maximum absolute atomic E-state index is 12.6. The molecule has 0 aliphatic rings. The molecule has 0 unspecified atom stereocenters. The molecule has 2 rings (SSSR count). The Morgan fingerprint density at radius 2 is 1.91 bits per heavy atom. The first kappa shape index (κ1) is 17.5. The highest BCUT2D eigenvalue weighted by Crippen LogP contribution is 2.41. The van der Waals surface area contributed by atoms with Gasteiger partial charge in [0.2, 0.25) is 0 Å². The summed E-state index contributed by atoms with van der Waals surface area (Å²) in [5.74, 6) is 0.193. The van der Waals surface area contributed by atoms with Gasteiger partial charge in [-0.25, -0.2) is 0 Å². The Balaban J connectivity index is 2.12. The number of benzene rings is 2. The SMILES string of the molecule is COc1ccc(CNc2cccc(CO)c2)cc1SC(F)(F)F. The van der Waals surface area contributed by atoms with E-state index in [4.69, 9.17) is 9.84 Å². The molecule has 2 N–H and O–H groups in total. The number of alkyl halides is 3. The molecule has 0 heterocycles. The predicted octanol–water partition coefficient (Wildman–Crippen LogP) is 4.41. The smallest absolute Gasteiger partial charge is 0.446 e. The second-order valence-corrected chi connectivity index (χ2v) is 5.85. The summed E-state index contributed by atoms with van der Waals surface area (Å²) in [6, 6.07) is 11.9. The van der Waals surface area contributed by atoms with Crippen molar-refractivity contribution in [3.63, 3.8) is 0 Å². The van der Waals surface area contributed by atoms with Gasteiger partial charge in [-0.05, 0) is 47.2 Å². The van der Waals surface area contributed by atoms with E-state index in [1.54, 1.807) is 24.3 Å². The van der Waals surface area contributed by atoms with Gasteiger partial charge in [0.25, 0.3) is 0 Å². The summed E-state index contributed by atoms with van der Waals surface area (Å²) in [5, 5.41) is 12.2. The third-order valence-electron chi connectivity index (χ3n) is 3.06. The molecular weight excluding hydrogens is 327 g/mol. The van der Waals surface area contributed by atoms with Crippen LogP contribution in [-0.2, 0) is 13.2 Å². The summed E-state index contributed by atoms with van der Waals surface area (Å²) in [4.78, 5) is 0.0309. The fourth-order valence-corrected chi connectivity index (χ4v) is 2.73. The van der Waals surface area contributed by atoms with Crippen LogP contribution in [0.2, 0.25) is 0 Å². The van der Waals surface area contributed by atoms with Gasteiger partial charge in [0.15, 0.2) is 0 Å². The number of aliphatic hydroxyl groups excluding tert-OH is 1. The fraction of sp³-hybridized carbons (Fsp3) is 0.250. The van der Waals surface area contributed by atoms with Crippen molar-refractivity contribution in [1.82, 2.24) is 0 Å². The van der Waals surface area contributed by atoms with E-state index < -0.39 is 5.51 Å². The molecule has 23 heavy (non-hydrogen) atoms. The third-order valence-corrected chi connectivity index (χ3v) is 3.83. The Hall–Kier alpha value is -1.86. The second-order valence-electron chi connectivity index (χ2n) is 4.75. The van der Waals surface area contributed by atoms with Crippen molar-refractivity contribution in [3.05, 3.63) is 53.6 Å². The molecule has 0 saturated heterocycles. The van der Waals surface area contributed by atoms with Crippen LogP contribution in [0.4, 0.5) is 18.9 Å². The van der Waals surface area contributed by atoms with Crippen molar-refractivity contribution >= 4 is 17.4 Å². The van der Waals surface area contributed by atoms with E-state index in [1.807, 2.05) is 6.07 Å². The number of thioether (sulfide) groups is 1. The molecule has 0 fully saturated rings. The van der Waals surface area contributed by atoms with Gasteiger partial charge in [-0.15, -0.1) is 0 Å². The molecule has 0 atom stereocenters. The number of hydrogen-bond donors (Lipinski definition) is 2. The van der Waals surface area contributed by atoms with Gasteiger partial charge in [-0.2, -0.15) is 13.2 Å². The number of halogens is 3. The Bertz CT molecular complexity index is 662. The van der Waals surface area contributed by atoms with Crippen LogP contribution in [0.15, 0.2) is 47.4 Å². The number of hydrogen-bond acceptors (Lipinski definition) is 4. The number of methoxy groups -OCH3 is 1. The minimum atomic E-state index is -4.37. The highest BCUT2D eigenvalue weighted by molar-refractivity contribution is 8.00. The maximum Gasteiger partial charge on any atom is 0.446 e. The molecule has 0 radical (unpaired) electrons. The monoisotopic (exact) mass is 343 g/mol. The Labute approximate surface area is 136 Å². The number of aliphatic hydroxyl groups is 1. The lowest BCUT2D eigenvalue weighted by atomic mass is 10.2. The van der Waals surface area contributed by atoms with Crippen LogP contribution in [0.1, 0.15) is 11.1 Å². The highest BCUT2D eigenvalue weighted by Gasteiger charge is 2.30. The molecule has 3 nitrogen and oxygen atoms in total. The number of anilines is 1. The van der Waals surface area contributed by atoms with Crippen molar-refractivity contribution in [3.8, 4) is 5.75 Å². The minimum absolute atomic E-state index is 0.0309. The fourth-order valence-electron chi connectivity index (χ4n) is 2.02. The Kier molecular flexibility index (Phi) is 5.79. The summed E-state index contributed by atoms with van der Waals surface area (Å²) < 4.78 is 42.7. The molecule has 2 aromatic rings. The van der Waals surface area contributed by atoms with Gasteiger partial charge in [0.1, 0.15) is 5.75 Å². The average molecular weight is 343 g/mol. The van der Waals surface area contributed by atoms with E-state index in [2.05, 4.69) is 5.32 Å². The zero-order valence-electron chi connectivity index (χ0n) is 12.4. The van der Waals surface area contributed by atoms with Crippen molar-refractivity contribution in [2.45, 2.75) is 23.6 Å². The molecule has 7 heteroatoms. The van der Waals surface area contributed by atoms with Crippen LogP contribution < -0.4 is 10.1 Å². The summed E-state index contributed by atoms with van der Waals surface area (Å²) in [5.41, 5.74) is -2.11. The lowest BCUT2D eigenvalue weighted by Gasteiger charge is -2.13. The molecule has 0 aliphatic carbocycles. The summed E-state index contributed by atoms with van der Waals surface area (Å²) in [6.07, 6.45) is 0. The number of ether oxygens (including phenoxy) is 1. The van der Waals surface area contributed by atoms with E-state index in [1.165, 1.54) is 19.2 Å². The zero-order valence-corrected chi connectivity index (χ0v) is 13.2. The van der Waals surface area contributed by atoms with Gasteiger partial charge in [0.05, 0.1) is 18.6 Å². The Morgan fingerprint density at radius 3 is 2.57 bits per heavy atom. The zero-order chi connectivity index (χ0) is 16.9. The molecule has 0 spiro atoms. The normalized spacial score (nSPS) is 11.3. The lowest BCUT2D eigenvalue weighted by Crippen LogP contribution is -2.03. The predicted molar refractivity (Wildman–Crippen MR) is 84.6 cm³/mol. The maximum atomic E-state index is 12.6. The third kappa shape index (κ3) is 5.37. The Morgan fingerprint density at radius 1 is 1.13 bits per heavy atom. The van der Waals surface area contributed by atoms with Gasteiger partial charge < -0.3 is 15.2 Å². The number of nitrogens with one attached hydrogen (secondary N) is 1. The molecular formula is C16H16F3NO2S. The summed E-state index contributed by atoms with van der Waals surface area (Å²) in [6.45, 7) is 0.300. The van der Waals surface area contributed by atoms with Crippen molar-refractivity contribution in [2.24, 2.45) is 0 Å². The lowest BCUT2D eigenvalue weighted by molar-refractivity contribution is -0.0328. The van der Waals surface area contributed by atoms with E-state index in [-0.39, 0.29) is 29.0 Å². The quantitative estimate of drug-likeness (QED) is 0.762. The van der Waals surface area contributed by atoms with Crippen LogP contribution in [0.25, 0.3) is 0 Å². The van der Waals surface area contributed by atoms with Crippen LogP contribution >= 0.6 is 11.8 Å². The van der Waals surface area contributed by atoms with Crippen LogP contribution in [0, 0.1) is 0 Å². The van der Waals surface area contributed by atoms with E-state index in [0.717, 1.165) is 11.3 Å². The summed E-state index contributed by atoms with van der Waals surface area (Å²) in [7, 11) is 1.34. The van der Waals surface area contributed by atoms with E-state index in [9.17, 15) is 13.2 Å². The first-order chi connectivity index (χ1) is 10.9. The van der Waals surface area contributed by atoms with E-state index >= 15 is 0 Å². The van der Waals surface area contributed by atoms with Crippen LogP contribution in [0.5, 0.6) is 5.75 Å². The van der Waals surface area contributed by atoms with Gasteiger partial charge in [-0.3, -0.25) is 0 Å². The molecule has 0 aromatic heterocycles. The average Bonchev–Trinajstić information content (AvgIpc) is 2.52. The first-order valence-electron chi connectivity index (χ1n) is 6.77.